The quantitative estimate of drug-likeness (QED) is 0.508. The molecule has 140 valence electrons. The van der Waals surface area contributed by atoms with Gasteiger partial charge in [-0.1, -0.05) is 17.7 Å². The van der Waals surface area contributed by atoms with Crippen LogP contribution in [0.2, 0.25) is 0 Å². The monoisotopic (exact) mass is 372 g/mol. The second-order valence-electron chi connectivity index (χ2n) is 6.39. The molecule has 4 rings (SSSR count). The normalized spacial score (nSPS) is 10.8. The zero-order chi connectivity index (χ0) is 19.3. The van der Waals surface area contributed by atoms with E-state index >= 15 is 0 Å². The number of benzene rings is 1. The van der Waals surface area contributed by atoms with Crippen LogP contribution in [0.4, 0.5) is 5.95 Å². The van der Waals surface area contributed by atoms with E-state index in [1.165, 1.54) is 0 Å². The lowest BCUT2D eigenvalue weighted by Gasteiger charge is -2.09. The second-order valence-corrected chi connectivity index (χ2v) is 6.39. The van der Waals surface area contributed by atoms with E-state index in [0.29, 0.717) is 24.6 Å². The number of carbonyl (C=O) groups is 1. The summed E-state index contributed by atoms with van der Waals surface area (Å²) in [6.45, 7) is 2.98. The Hall–Kier alpha value is -3.74. The van der Waals surface area contributed by atoms with Gasteiger partial charge in [-0.15, -0.1) is 0 Å². The molecule has 28 heavy (non-hydrogen) atoms. The summed E-state index contributed by atoms with van der Waals surface area (Å²) in [7, 11) is 0. The molecule has 7 nitrogen and oxygen atoms in total. The van der Waals surface area contributed by atoms with Crippen molar-refractivity contribution in [3.63, 3.8) is 0 Å². The largest absolute Gasteiger partial charge is 0.352 e. The maximum absolute atomic E-state index is 12.1. The van der Waals surface area contributed by atoms with Crippen molar-refractivity contribution in [1.82, 2.24) is 24.8 Å². The van der Waals surface area contributed by atoms with Gasteiger partial charge in [-0.3, -0.25) is 9.36 Å². The maximum atomic E-state index is 12.1. The van der Waals surface area contributed by atoms with Crippen LogP contribution in [0.5, 0.6) is 0 Å². The van der Waals surface area contributed by atoms with Crippen molar-refractivity contribution >= 4 is 22.9 Å². The van der Waals surface area contributed by atoms with Crippen LogP contribution in [-0.2, 0) is 0 Å². The minimum absolute atomic E-state index is 0.0960. The number of hydrogen-bond donors (Lipinski definition) is 2. The molecule has 7 heteroatoms. The predicted molar refractivity (Wildman–Crippen MR) is 109 cm³/mol. The van der Waals surface area contributed by atoms with Crippen molar-refractivity contribution < 1.29 is 4.79 Å². The van der Waals surface area contributed by atoms with E-state index in [1.807, 2.05) is 66.2 Å². The van der Waals surface area contributed by atoms with Crippen molar-refractivity contribution in [3.8, 4) is 5.82 Å². The molecule has 0 aliphatic carbocycles. The molecule has 0 saturated carbocycles. The summed E-state index contributed by atoms with van der Waals surface area (Å²) in [6, 6.07) is 15.2. The van der Waals surface area contributed by atoms with Gasteiger partial charge in [-0.2, -0.15) is 4.98 Å². The molecule has 0 fully saturated rings. The Bertz CT molecular complexity index is 1100. The van der Waals surface area contributed by atoms with Gasteiger partial charge in [0, 0.05) is 42.6 Å². The number of pyridine rings is 1. The molecule has 1 aromatic carbocycles. The van der Waals surface area contributed by atoms with E-state index < -0.39 is 0 Å². The SMILES string of the molecule is Cc1ccc(C(=O)NCCNc2nccc(-n3ccc4cccnc43)n2)cc1. The molecule has 0 radical (unpaired) electrons. The molecule has 0 spiro atoms. The number of aromatic nitrogens is 4. The maximum Gasteiger partial charge on any atom is 0.251 e. The van der Waals surface area contributed by atoms with Crippen LogP contribution in [0.3, 0.4) is 0 Å². The first-order chi connectivity index (χ1) is 13.7. The van der Waals surface area contributed by atoms with Crippen LogP contribution in [-0.4, -0.2) is 38.5 Å². The van der Waals surface area contributed by atoms with Gasteiger partial charge in [0.15, 0.2) is 0 Å². The van der Waals surface area contributed by atoms with Crippen molar-refractivity contribution in [2.24, 2.45) is 0 Å². The highest BCUT2D eigenvalue weighted by molar-refractivity contribution is 5.94. The van der Waals surface area contributed by atoms with E-state index in [4.69, 9.17) is 0 Å². The van der Waals surface area contributed by atoms with Gasteiger partial charge in [0.2, 0.25) is 5.95 Å². The van der Waals surface area contributed by atoms with Crippen molar-refractivity contribution in [2.75, 3.05) is 18.4 Å². The van der Waals surface area contributed by atoms with Crippen molar-refractivity contribution in [2.45, 2.75) is 6.92 Å². The van der Waals surface area contributed by atoms with E-state index in [1.54, 1.807) is 12.4 Å². The summed E-state index contributed by atoms with van der Waals surface area (Å²) < 4.78 is 1.92. The Labute approximate surface area is 162 Å². The first-order valence-corrected chi connectivity index (χ1v) is 9.05. The van der Waals surface area contributed by atoms with Crippen molar-refractivity contribution in [1.29, 1.82) is 0 Å². The number of amides is 1. The molecule has 0 aliphatic heterocycles. The van der Waals surface area contributed by atoms with E-state index in [9.17, 15) is 4.79 Å². The van der Waals surface area contributed by atoms with E-state index in [-0.39, 0.29) is 5.91 Å². The van der Waals surface area contributed by atoms with Gasteiger partial charge >= 0.3 is 0 Å². The fraction of sp³-hybridized carbons (Fsp3) is 0.143. The van der Waals surface area contributed by atoms with Crippen LogP contribution in [0.1, 0.15) is 15.9 Å². The lowest BCUT2D eigenvalue weighted by molar-refractivity contribution is 0.0955. The molecular weight excluding hydrogens is 352 g/mol. The Kier molecular flexibility index (Phi) is 4.97. The average Bonchev–Trinajstić information content (AvgIpc) is 3.16. The zero-order valence-corrected chi connectivity index (χ0v) is 15.5. The van der Waals surface area contributed by atoms with Gasteiger partial charge in [-0.25, -0.2) is 9.97 Å². The summed E-state index contributed by atoms with van der Waals surface area (Å²) in [6.07, 6.45) is 5.39. The molecule has 4 aromatic rings. The molecule has 3 heterocycles. The van der Waals surface area contributed by atoms with Gasteiger partial charge in [0.1, 0.15) is 11.5 Å². The second kappa shape index (κ2) is 7.87. The molecule has 0 bridgehead atoms. The molecule has 2 N–H and O–H groups in total. The van der Waals surface area contributed by atoms with Crippen LogP contribution >= 0.6 is 0 Å². The number of rotatable bonds is 6. The third-order valence-electron chi connectivity index (χ3n) is 4.34. The van der Waals surface area contributed by atoms with Crippen molar-refractivity contribution in [3.05, 3.63) is 78.2 Å². The van der Waals surface area contributed by atoms with Crippen LogP contribution in [0.15, 0.2) is 67.1 Å². The lowest BCUT2D eigenvalue weighted by atomic mass is 10.1. The highest BCUT2D eigenvalue weighted by atomic mass is 16.1. The number of nitrogens with zero attached hydrogens (tertiary/aromatic N) is 4. The van der Waals surface area contributed by atoms with E-state index in [2.05, 4.69) is 25.6 Å². The molecule has 0 aliphatic rings. The minimum atomic E-state index is -0.0960. The fourth-order valence-corrected chi connectivity index (χ4v) is 2.88. The number of nitrogens with one attached hydrogen (secondary N) is 2. The van der Waals surface area contributed by atoms with Crippen LogP contribution in [0.25, 0.3) is 16.9 Å². The molecule has 1 amide bonds. The summed E-state index contributed by atoms with van der Waals surface area (Å²) in [5.74, 6) is 1.14. The van der Waals surface area contributed by atoms with Gasteiger partial charge < -0.3 is 10.6 Å². The molecule has 0 saturated heterocycles. The molecule has 3 aromatic heterocycles. The standard InChI is InChI=1S/C21H20N6O/c1-15-4-6-17(7-5-15)20(28)23-12-13-25-21-24-11-8-18(26-21)27-14-9-16-3-2-10-22-19(16)27/h2-11,14H,12-13H2,1H3,(H,23,28)(H,24,25,26). The Morgan fingerprint density at radius 1 is 1.00 bits per heavy atom. The van der Waals surface area contributed by atoms with Crippen LogP contribution < -0.4 is 10.6 Å². The minimum Gasteiger partial charge on any atom is -0.352 e. The lowest BCUT2D eigenvalue weighted by Crippen LogP contribution is -2.29. The average molecular weight is 372 g/mol. The number of fused-ring (bicyclic) bond motifs is 1. The summed E-state index contributed by atoms with van der Waals surface area (Å²) in [4.78, 5) is 25.3. The fourth-order valence-electron chi connectivity index (χ4n) is 2.88. The Balaban J connectivity index is 1.36. The first-order valence-electron chi connectivity index (χ1n) is 9.05. The summed E-state index contributed by atoms with van der Waals surface area (Å²) in [5, 5.41) is 7.07. The van der Waals surface area contributed by atoms with Gasteiger partial charge in [0.05, 0.1) is 0 Å². The number of anilines is 1. The molecule has 0 unspecified atom stereocenters. The zero-order valence-electron chi connectivity index (χ0n) is 15.5. The summed E-state index contributed by atoms with van der Waals surface area (Å²) in [5.41, 5.74) is 2.62. The molecular formula is C21H20N6O. The number of carbonyl (C=O) groups excluding carboxylic acids is 1. The highest BCUT2D eigenvalue weighted by Gasteiger charge is 2.07. The Morgan fingerprint density at radius 2 is 1.86 bits per heavy atom. The van der Waals surface area contributed by atoms with Crippen LogP contribution in [0, 0.1) is 6.92 Å². The number of hydrogen-bond acceptors (Lipinski definition) is 5. The topological polar surface area (TPSA) is 84.7 Å². The Morgan fingerprint density at radius 3 is 2.71 bits per heavy atom. The van der Waals surface area contributed by atoms with Gasteiger partial charge in [0.25, 0.3) is 5.91 Å². The summed E-state index contributed by atoms with van der Waals surface area (Å²) >= 11 is 0. The smallest absolute Gasteiger partial charge is 0.251 e. The molecule has 0 atom stereocenters. The third kappa shape index (κ3) is 3.83. The predicted octanol–water partition coefficient (Wildman–Crippen LogP) is 2.97. The first kappa shape index (κ1) is 17.7. The third-order valence-corrected chi connectivity index (χ3v) is 4.34. The van der Waals surface area contributed by atoms with E-state index in [0.717, 1.165) is 22.4 Å². The van der Waals surface area contributed by atoms with Gasteiger partial charge in [-0.05, 0) is 43.3 Å². The number of aryl methyl sites for hydroxylation is 1. The highest BCUT2D eigenvalue weighted by Crippen LogP contribution is 2.17.